The van der Waals surface area contributed by atoms with Crippen LogP contribution in [0.3, 0.4) is 0 Å². The molecule has 0 aromatic carbocycles. The summed E-state index contributed by atoms with van der Waals surface area (Å²) in [5.41, 5.74) is 0. The van der Waals surface area contributed by atoms with Gasteiger partial charge >= 0.3 is 0 Å². The predicted molar refractivity (Wildman–Crippen MR) is 76.7 cm³/mol. The number of carbonyl (C=O) groups excluding carboxylic acids is 1. The number of hydrogen-bond acceptors (Lipinski definition) is 2. The average Bonchev–Trinajstić information content (AvgIpc) is 2.86. The van der Waals surface area contributed by atoms with E-state index in [1.807, 2.05) is 4.90 Å². The van der Waals surface area contributed by atoms with Crippen molar-refractivity contribution in [3.8, 4) is 0 Å². The van der Waals surface area contributed by atoms with E-state index in [2.05, 4.69) is 18.7 Å². The fourth-order valence-electron chi connectivity index (χ4n) is 2.60. The maximum atomic E-state index is 12.1. The van der Waals surface area contributed by atoms with Gasteiger partial charge in [-0.2, -0.15) is 0 Å². The summed E-state index contributed by atoms with van der Waals surface area (Å²) in [5, 5.41) is 0. The molecule has 1 aliphatic rings. The first kappa shape index (κ1) is 15.5. The topological polar surface area (TPSA) is 23.6 Å². The van der Waals surface area contributed by atoms with Gasteiger partial charge in [0.1, 0.15) is 0 Å². The molecule has 1 amide bonds. The number of likely N-dealkylation sites (N-methyl/N-ethyl adjacent to an activating group) is 1. The third kappa shape index (κ3) is 5.85. The molecule has 106 valence electrons. The van der Waals surface area contributed by atoms with E-state index in [1.165, 1.54) is 44.9 Å². The first-order valence-corrected chi connectivity index (χ1v) is 7.78. The number of carbonyl (C=O) groups is 1. The number of amides is 1. The zero-order chi connectivity index (χ0) is 13.2. The first-order valence-electron chi connectivity index (χ1n) is 7.78. The van der Waals surface area contributed by atoms with Crippen LogP contribution in [0.5, 0.6) is 0 Å². The molecular weight excluding hydrogens is 224 g/mol. The second kappa shape index (κ2) is 9.37. The Morgan fingerprint density at radius 2 is 1.72 bits per heavy atom. The van der Waals surface area contributed by atoms with E-state index in [-0.39, 0.29) is 0 Å². The Labute approximate surface area is 113 Å². The molecule has 1 aliphatic heterocycles. The normalized spacial score (nSPS) is 16.1. The molecule has 1 heterocycles. The zero-order valence-corrected chi connectivity index (χ0v) is 12.3. The first-order chi connectivity index (χ1) is 8.77. The summed E-state index contributed by atoms with van der Waals surface area (Å²) in [7, 11) is 0. The summed E-state index contributed by atoms with van der Waals surface area (Å²) in [5.74, 6) is 0.329. The minimum absolute atomic E-state index is 0.329. The Morgan fingerprint density at radius 3 is 2.33 bits per heavy atom. The van der Waals surface area contributed by atoms with E-state index in [0.29, 0.717) is 12.5 Å². The Bertz CT molecular complexity index is 225. The molecule has 1 rings (SSSR count). The largest absolute Gasteiger partial charge is 0.342 e. The number of rotatable bonds is 9. The van der Waals surface area contributed by atoms with E-state index < -0.39 is 0 Å². The van der Waals surface area contributed by atoms with Gasteiger partial charge in [0.25, 0.3) is 0 Å². The fraction of sp³-hybridized carbons (Fsp3) is 0.933. The number of hydrogen-bond donors (Lipinski definition) is 0. The summed E-state index contributed by atoms with van der Waals surface area (Å²) < 4.78 is 0. The number of nitrogens with zero attached hydrogens (tertiary/aromatic N) is 2. The second-order valence-corrected chi connectivity index (χ2v) is 5.37. The molecule has 18 heavy (non-hydrogen) atoms. The zero-order valence-electron chi connectivity index (χ0n) is 12.3. The minimum atomic E-state index is 0.329. The lowest BCUT2D eigenvalue weighted by Gasteiger charge is -2.24. The average molecular weight is 254 g/mol. The van der Waals surface area contributed by atoms with Crippen molar-refractivity contribution in [3.05, 3.63) is 0 Å². The van der Waals surface area contributed by atoms with Gasteiger partial charge in [-0.1, -0.05) is 32.6 Å². The molecule has 0 aliphatic carbocycles. The molecule has 0 spiro atoms. The van der Waals surface area contributed by atoms with Crippen molar-refractivity contribution < 1.29 is 4.79 Å². The highest BCUT2D eigenvalue weighted by atomic mass is 16.2. The Hall–Kier alpha value is -0.570. The van der Waals surface area contributed by atoms with Gasteiger partial charge in [-0.3, -0.25) is 9.69 Å². The number of unbranched alkanes of at least 4 members (excludes halogenated alkanes) is 4. The van der Waals surface area contributed by atoms with E-state index >= 15 is 0 Å². The molecule has 0 radical (unpaired) electrons. The molecule has 1 fully saturated rings. The molecule has 0 aromatic heterocycles. The molecule has 0 bridgehead atoms. The Morgan fingerprint density at radius 1 is 1.06 bits per heavy atom. The van der Waals surface area contributed by atoms with Gasteiger partial charge in [0.05, 0.1) is 6.54 Å². The molecule has 3 heteroatoms. The van der Waals surface area contributed by atoms with Gasteiger partial charge in [-0.05, 0) is 39.3 Å². The molecule has 0 unspecified atom stereocenters. The molecule has 1 saturated heterocycles. The van der Waals surface area contributed by atoms with Crippen molar-refractivity contribution in [2.45, 2.75) is 58.8 Å². The van der Waals surface area contributed by atoms with Gasteiger partial charge in [0.2, 0.25) is 5.91 Å². The maximum absolute atomic E-state index is 12.1. The molecule has 0 atom stereocenters. The Kier molecular flexibility index (Phi) is 8.06. The van der Waals surface area contributed by atoms with E-state index in [1.54, 1.807) is 0 Å². The van der Waals surface area contributed by atoms with Crippen LogP contribution in [0.15, 0.2) is 0 Å². The van der Waals surface area contributed by atoms with Crippen LogP contribution in [-0.4, -0.2) is 48.4 Å². The number of likely N-dealkylation sites (tertiary alicyclic amines) is 1. The van der Waals surface area contributed by atoms with Crippen LogP contribution in [0.25, 0.3) is 0 Å². The van der Waals surface area contributed by atoms with Crippen LogP contribution in [-0.2, 0) is 4.79 Å². The monoisotopic (exact) mass is 254 g/mol. The summed E-state index contributed by atoms with van der Waals surface area (Å²) in [4.78, 5) is 16.5. The van der Waals surface area contributed by atoms with Gasteiger partial charge in [0, 0.05) is 13.1 Å². The molecule has 0 saturated carbocycles. The smallest absolute Gasteiger partial charge is 0.236 e. The summed E-state index contributed by atoms with van der Waals surface area (Å²) in [6, 6.07) is 0. The van der Waals surface area contributed by atoms with Crippen LogP contribution in [0.2, 0.25) is 0 Å². The van der Waals surface area contributed by atoms with Crippen LogP contribution in [0.1, 0.15) is 58.8 Å². The highest BCUT2D eigenvalue weighted by molar-refractivity contribution is 5.78. The third-order valence-electron chi connectivity index (χ3n) is 3.82. The van der Waals surface area contributed by atoms with Gasteiger partial charge in [-0.15, -0.1) is 0 Å². The third-order valence-corrected chi connectivity index (χ3v) is 3.82. The fourth-order valence-corrected chi connectivity index (χ4v) is 2.60. The summed E-state index contributed by atoms with van der Waals surface area (Å²) in [6.07, 6.45) is 8.88. The van der Waals surface area contributed by atoms with Gasteiger partial charge < -0.3 is 4.90 Å². The standard InChI is InChI=1S/C15H30N2O/c1-3-5-6-7-8-13-17(4-2)15(18)14-16-11-9-10-12-16/h3-14H2,1-2H3. The van der Waals surface area contributed by atoms with Crippen LogP contribution >= 0.6 is 0 Å². The van der Waals surface area contributed by atoms with Crippen molar-refractivity contribution >= 4 is 5.91 Å². The minimum Gasteiger partial charge on any atom is -0.342 e. The van der Waals surface area contributed by atoms with Crippen molar-refractivity contribution in [2.75, 3.05) is 32.7 Å². The lowest BCUT2D eigenvalue weighted by Crippen LogP contribution is -2.39. The van der Waals surface area contributed by atoms with Crippen LogP contribution < -0.4 is 0 Å². The SMILES string of the molecule is CCCCCCCN(CC)C(=O)CN1CCCC1. The van der Waals surface area contributed by atoms with E-state index in [0.717, 1.165) is 26.2 Å². The molecule has 3 nitrogen and oxygen atoms in total. The molecule has 0 N–H and O–H groups in total. The van der Waals surface area contributed by atoms with Crippen LogP contribution in [0, 0.1) is 0 Å². The summed E-state index contributed by atoms with van der Waals surface area (Å²) >= 11 is 0. The van der Waals surface area contributed by atoms with Crippen LogP contribution in [0.4, 0.5) is 0 Å². The lowest BCUT2D eigenvalue weighted by molar-refractivity contribution is -0.132. The summed E-state index contributed by atoms with van der Waals surface area (Å²) in [6.45, 7) is 9.00. The quantitative estimate of drug-likeness (QED) is 0.591. The second-order valence-electron chi connectivity index (χ2n) is 5.37. The van der Waals surface area contributed by atoms with Crippen molar-refractivity contribution in [1.29, 1.82) is 0 Å². The predicted octanol–water partition coefficient (Wildman–Crippen LogP) is 2.90. The van der Waals surface area contributed by atoms with Gasteiger partial charge in [-0.25, -0.2) is 0 Å². The highest BCUT2D eigenvalue weighted by Crippen LogP contribution is 2.08. The van der Waals surface area contributed by atoms with Gasteiger partial charge in [0.15, 0.2) is 0 Å². The maximum Gasteiger partial charge on any atom is 0.236 e. The van der Waals surface area contributed by atoms with E-state index in [9.17, 15) is 4.79 Å². The van der Waals surface area contributed by atoms with Crippen molar-refractivity contribution in [1.82, 2.24) is 9.80 Å². The lowest BCUT2D eigenvalue weighted by atomic mass is 10.1. The Balaban J connectivity index is 2.15. The molecule has 0 aromatic rings. The molecular formula is C15H30N2O. The van der Waals surface area contributed by atoms with Crippen molar-refractivity contribution in [2.24, 2.45) is 0 Å². The van der Waals surface area contributed by atoms with Crippen molar-refractivity contribution in [3.63, 3.8) is 0 Å². The van der Waals surface area contributed by atoms with E-state index in [4.69, 9.17) is 0 Å². The highest BCUT2D eigenvalue weighted by Gasteiger charge is 2.18.